The molecule has 0 spiro atoms. The third-order valence-electron chi connectivity index (χ3n) is 4.43. The van der Waals surface area contributed by atoms with Crippen LogP contribution in [0.3, 0.4) is 0 Å². The summed E-state index contributed by atoms with van der Waals surface area (Å²) in [4.78, 5) is 26.6. The minimum Gasteiger partial charge on any atom is -0.330 e. The first-order valence-corrected chi connectivity index (χ1v) is 8.48. The lowest BCUT2D eigenvalue weighted by atomic mass is 10.1. The molecule has 0 aromatic carbocycles. The highest BCUT2D eigenvalue weighted by Crippen LogP contribution is 2.32. The Kier molecular flexibility index (Phi) is 4.78. The van der Waals surface area contributed by atoms with Crippen LogP contribution in [0, 0.1) is 0 Å². The van der Waals surface area contributed by atoms with Crippen LogP contribution in [0.1, 0.15) is 54.7 Å². The summed E-state index contributed by atoms with van der Waals surface area (Å²) in [6.45, 7) is 3.30. The topological polar surface area (TPSA) is 73.0 Å². The third kappa shape index (κ3) is 3.25. The van der Waals surface area contributed by atoms with Crippen LogP contribution in [0.2, 0.25) is 0 Å². The van der Waals surface area contributed by atoms with Gasteiger partial charge in [-0.25, -0.2) is 4.68 Å². The number of aryl methyl sites for hydroxylation is 2. The lowest BCUT2D eigenvalue weighted by molar-refractivity contribution is 0.0726. The van der Waals surface area contributed by atoms with Crippen LogP contribution < -0.4 is 5.56 Å². The molecule has 1 aliphatic heterocycles. The second-order valence-electron chi connectivity index (χ2n) is 6.24. The van der Waals surface area contributed by atoms with Crippen molar-refractivity contribution in [2.45, 2.75) is 45.2 Å². The first-order valence-electron chi connectivity index (χ1n) is 8.48. The van der Waals surface area contributed by atoms with Crippen molar-refractivity contribution >= 4 is 5.91 Å². The third-order valence-corrected chi connectivity index (χ3v) is 4.43. The Balaban J connectivity index is 1.84. The predicted octanol–water partition coefficient (Wildman–Crippen LogP) is 1.75. The van der Waals surface area contributed by atoms with Crippen molar-refractivity contribution in [1.29, 1.82) is 0 Å². The standard InChI is InChI=1S/C17H23N5O2/c1-3-4-10-22-16(23)8-7-14(19-22)17(24)21-9-5-6-15(21)13-11-18-20(2)12-13/h7-8,11-12,15H,3-6,9-10H2,1-2H3/t15-/m0/s1. The fraction of sp³-hybridized carbons (Fsp3) is 0.529. The average Bonchev–Trinajstić information content (AvgIpc) is 3.22. The van der Waals surface area contributed by atoms with Gasteiger partial charge in [-0.1, -0.05) is 13.3 Å². The number of aromatic nitrogens is 4. The Morgan fingerprint density at radius 1 is 1.38 bits per heavy atom. The predicted molar refractivity (Wildman–Crippen MR) is 89.6 cm³/mol. The van der Waals surface area contributed by atoms with Crippen molar-refractivity contribution in [2.24, 2.45) is 7.05 Å². The van der Waals surface area contributed by atoms with Gasteiger partial charge in [0.05, 0.1) is 12.2 Å². The summed E-state index contributed by atoms with van der Waals surface area (Å²) in [6, 6.07) is 3.00. The zero-order valence-corrected chi connectivity index (χ0v) is 14.2. The van der Waals surface area contributed by atoms with Gasteiger partial charge in [0.1, 0.15) is 5.69 Å². The van der Waals surface area contributed by atoms with Crippen LogP contribution in [-0.2, 0) is 13.6 Å². The Labute approximate surface area is 140 Å². The van der Waals surface area contributed by atoms with Crippen molar-refractivity contribution in [2.75, 3.05) is 6.54 Å². The van der Waals surface area contributed by atoms with Gasteiger partial charge in [-0.15, -0.1) is 0 Å². The van der Waals surface area contributed by atoms with Gasteiger partial charge in [0, 0.05) is 38.0 Å². The summed E-state index contributed by atoms with van der Waals surface area (Å²) >= 11 is 0. The van der Waals surface area contributed by atoms with Crippen LogP contribution in [0.15, 0.2) is 29.3 Å². The number of hydrogen-bond donors (Lipinski definition) is 0. The number of nitrogens with zero attached hydrogens (tertiary/aromatic N) is 5. The van der Waals surface area contributed by atoms with E-state index in [0.717, 1.165) is 31.2 Å². The Bertz CT molecular complexity index is 779. The molecule has 0 radical (unpaired) electrons. The summed E-state index contributed by atoms with van der Waals surface area (Å²) in [5.74, 6) is -0.119. The van der Waals surface area contributed by atoms with Crippen molar-refractivity contribution in [1.82, 2.24) is 24.5 Å². The number of likely N-dealkylation sites (tertiary alicyclic amines) is 1. The molecule has 0 bridgehead atoms. The number of rotatable bonds is 5. The van der Waals surface area contributed by atoms with Crippen LogP contribution in [0.4, 0.5) is 0 Å². The van der Waals surface area contributed by atoms with E-state index in [2.05, 4.69) is 17.1 Å². The second kappa shape index (κ2) is 6.98. The number of unbranched alkanes of at least 4 members (excludes halogenated alkanes) is 1. The van der Waals surface area contributed by atoms with Crippen LogP contribution in [0.5, 0.6) is 0 Å². The molecule has 1 saturated heterocycles. The highest BCUT2D eigenvalue weighted by atomic mass is 16.2. The van der Waals surface area contributed by atoms with Crippen LogP contribution in [0.25, 0.3) is 0 Å². The van der Waals surface area contributed by atoms with E-state index in [1.54, 1.807) is 4.68 Å². The Morgan fingerprint density at radius 3 is 2.92 bits per heavy atom. The van der Waals surface area contributed by atoms with Crippen LogP contribution in [-0.4, -0.2) is 36.9 Å². The first kappa shape index (κ1) is 16.4. The lowest BCUT2D eigenvalue weighted by Gasteiger charge is -2.23. The molecule has 0 aliphatic carbocycles. The first-order chi connectivity index (χ1) is 11.6. The summed E-state index contributed by atoms with van der Waals surface area (Å²) in [5, 5.41) is 8.48. The Morgan fingerprint density at radius 2 is 2.21 bits per heavy atom. The molecular weight excluding hydrogens is 306 g/mol. The molecule has 7 nitrogen and oxygen atoms in total. The van der Waals surface area contributed by atoms with E-state index in [-0.39, 0.29) is 17.5 Å². The Hall–Kier alpha value is -2.44. The van der Waals surface area contributed by atoms with Crippen molar-refractivity contribution in [3.63, 3.8) is 0 Å². The summed E-state index contributed by atoms with van der Waals surface area (Å²) < 4.78 is 3.14. The van der Waals surface area contributed by atoms with E-state index in [1.165, 1.54) is 16.8 Å². The molecule has 1 atom stereocenters. The van der Waals surface area contributed by atoms with Gasteiger partial charge in [0.25, 0.3) is 11.5 Å². The van der Waals surface area contributed by atoms with Crippen molar-refractivity contribution in [3.8, 4) is 0 Å². The molecule has 0 unspecified atom stereocenters. The number of carbonyl (C=O) groups excluding carboxylic acids is 1. The lowest BCUT2D eigenvalue weighted by Crippen LogP contribution is -2.33. The average molecular weight is 329 g/mol. The molecule has 7 heteroatoms. The summed E-state index contributed by atoms with van der Waals surface area (Å²) in [7, 11) is 1.87. The van der Waals surface area contributed by atoms with E-state index in [1.807, 2.05) is 24.3 Å². The molecule has 128 valence electrons. The van der Waals surface area contributed by atoms with Crippen molar-refractivity contribution in [3.05, 3.63) is 46.1 Å². The molecule has 1 fully saturated rings. The van der Waals surface area contributed by atoms with Gasteiger partial charge in [0.2, 0.25) is 0 Å². The fourth-order valence-corrected chi connectivity index (χ4v) is 3.15. The van der Waals surface area contributed by atoms with Gasteiger partial charge in [0.15, 0.2) is 0 Å². The van der Waals surface area contributed by atoms with Gasteiger partial charge in [-0.3, -0.25) is 14.3 Å². The van der Waals surface area contributed by atoms with Crippen molar-refractivity contribution < 1.29 is 4.79 Å². The molecule has 0 N–H and O–H groups in total. The van der Waals surface area contributed by atoms with E-state index in [9.17, 15) is 9.59 Å². The van der Waals surface area contributed by atoms with Gasteiger partial charge in [-0.05, 0) is 25.3 Å². The number of amides is 1. The molecule has 3 rings (SSSR count). The van der Waals surface area contributed by atoms with E-state index in [0.29, 0.717) is 18.8 Å². The van der Waals surface area contributed by atoms with E-state index < -0.39 is 0 Å². The minimum absolute atomic E-state index is 0.0315. The molecule has 0 saturated carbocycles. The largest absolute Gasteiger partial charge is 0.330 e. The highest BCUT2D eigenvalue weighted by Gasteiger charge is 2.32. The molecule has 2 aromatic rings. The number of hydrogen-bond acceptors (Lipinski definition) is 4. The van der Waals surface area contributed by atoms with E-state index >= 15 is 0 Å². The maximum absolute atomic E-state index is 12.9. The zero-order chi connectivity index (χ0) is 17.1. The molecule has 24 heavy (non-hydrogen) atoms. The monoisotopic (exact) mass is 329 g/mol. The highest BCUT2D eigenvalue weighted by molar-refractivity contribution is 5.92. The second-order valence-corrected chi connectivity index (χ2v) is 6.24. The molecule has 2 aromatic heterocycles. The van der Waals surface area contributed by atoms with E-state index in [4.69, 9.17) is 0 Å². The fourth-order valence-electron chi connectivity index (χ4n) is 3.15. The minimum atomic E-state index is -0.162. The maximum Gasteiger partial charge on any atom is 0.274 e. The zero-order valence-electron chi connectivity index (χ0n) is 14.2. The molecule has 3 heterocycles. The molecule has 1 aliphatic rings. The maximum atomic E-state index is 12.9. The normalized spacial score (nSPS) is 17.4. The van der Waals surface area contributed by atoms with Gasteiger partial charge >= 0.3 is 0 Å². The molecule has 1 amide bonds. The smallest absolute Gasteiger partial charge is 0.274 e. The molecular formula is C17H23N5O2. The number of carbonyl (C=O) groups is 1. The van der Waals surface area contributed by atoms with Gasteiger partial charge in [-0.2, -0.15) is 10.2 Å². The quantitative estimate of drug-likeness (QED) is 0.838. The summed E-state index contributed by atoms with van der Waals surface area (Å²) in [5.41, 5.74) is 1.22. The SMILES string of the molecule is CCCCn1nc(C(=O)N2CCC[C@H]2c2cnn(C)c2)ccc1=O. The summed E-state index contributed by atoms with van der Waals surface area (Å²) in [6.07, 6.45) is 7.49. The van der Waals surface area contributed by atoms with Crippen LogP contribution >= 0.6 is 0 Å². The van der Waals surface area contributed by atoms with Gasteiger partial charge < -0.3 is 4.90 Å².